The molecule has 0 aromatic heterocycles. The molecule has 2 unspecified atom stereocenters. The van der Waals surface area contributed by atoms with Crippen LogP contribution in [-0.2, 0) is 4.84 Å². The van der Waals surface area contributed by atoms with Crippen molar-refractivity contribution in [2.45, 2.75) is 26.4 Å². The molecule has 1 aliphatic rings. The van der Waals surface area contributed by atoms with E-state index in [9.17, 15) is 0 Å². The molecule has 1 aliphatic heterocycles. The van der Waals surface area contributed by atoms with Crippen molar-refractivity contribution in [1.82, 2.24) is 5.06 Å². The molecule has 2 nitrogen and oxygen atoms in total. The maximum absolute atomic E-state index is 5.46. The van der Waals surface area contributed by atoms with E-state index in [0.717, 1.165) is 13.0 Å². The second-order valence-corrected chi connectivity index (χ2v) is 2.84. The van der Waals surface area contributed by atoms with Crippen LogP contribution in [-0.4, -0.2) is 24.8 Å². The Hall–Kier alpha value is -0.0800. The predicted octanol–water partition coefficient (Wildman–Crippen LogP) is 1.28. The van der Waals surface area contributed by atoms with Crippen molar-refractivity contribution >= 4 is 0 Å². The molecule has 0 aromatic rings. The van der Waals surface area contributed by atoms with Crippen LogP contribution in [0.1, 0.15) is 20.3 Å². The molecule has 2 atom stereocenters. The molecule has 0 aromatic carbocycles. The van der Waals surface area contributed by atoms with Crippen LogP contribution in [0, 0.1) is 5.92 Å². The van der Waals surface area contributed by atoms with Crippen molar-refractivity contribution < 1.29 is 4.84 Å². The summed E-state index contributed by atoms with van der Waals surface area (Å²) in [5.74, 6) is 0.708. The van der Waals surface area contributed by atoms with Crippen LogP contribution in [0.2, 0.25) is 0 Å². The number of hydroxylamine groups is 2. The summed E-state index contributed by atoms with van der Waals surface area (Å²) < 4.78 is 0. The van der Waals surface area contributed by atoms with Gasteiger partial charge in [0.2, 0.25) is 0 Å². The van der Waals surface area contributed by atoms with Crippen LogP contribution in [0.15, 0.2) is 0 Å². The van der Waals surface area contributed by atoms with Gasteiger partial charge in [-0.05, 0) is 12.3 Å². The fourth-order valence-corrected chi connectivity index (χ4v) is 1.38. The molecule has 0 N–H and O–H groups in total. The Morgan fingerprint density at radius 1 is 1.67 bits per heavy atom. The summed E-state index contributed by atoms with van der Waals surface area (Å²) in [6.07, 6.45) is 1.60. The minimum Gasteiger partial charge on any atom is -0.296 e. The highest BCUT2D eigenvalue weighted by atomic mass is 16.7. The van der Waals surface area contributed by atoms with E-state index in [2.05, 4.69) is 13.8 Å². The highest BCUT2D eigenvalue weighted by Gasteiger charge is 2.26. The molecule has 1 heterocycles. The molecular weight excluding hydrogens is 114 g/mol. The minimum atomic E-state index is 0.468. The largest absolute Gasteiger partial charge is 0.296 e. The van der Waals surface area contributed by atoms with Crippen molar-refractivity contribution in [2.75, 3.05) is 13.6 Å². The van der Waals surface area contributed by atoms with E-state index in [1.807, 2.05) is 12.1 Å². The molecule has 0 aliphatic carbocycles. The van der Waals surface area contributed by atoms with Gasteiger partial charge in [-0.3, -0.25) is 4.84 Å². The Morgan fingerprint density at radius 2 is 2.33 bits per heavy atom. The van der Waals surface area contributed by atoms with Crippen molar-refractivity contribution in [1.29, 1.82) is 0 Å². The second kappa shape index (κ2) is 2.67. The molecule has 1 fully saturated rings. The summed E-state index contributed by atoms with van der Waals surface area (Å²) in [7, 11) is 1.99. The van der Waals surface area contributed by atoms with Crippen molar-refractivity contribution in [3.63, 3.8) is 0 Å². The molecule has 9 heavy (non-hydrogen) atoms. The first-order valence-electron chi connectivity index (χ1n) is 3.62. The number of hydrogen-bond donors (Lipinski definition) is 0. The van der Waals surface area contributed by atoms with Gasteiger partial charge in [0.05, 0.1) is 6.10 Å². The lowest BCUT2D eigenvalue weighted by molar-refractivity contribution is -0.128. The molecule has 0 radical (unpaired) electrons. The minimum absolute atomic E-state index is 0.468. The lowest BCUT2D eigenvalue weighted by atomic mass is 10.0. The third-order valence-electron chi connectivity index (χ3n) is 1.90. The summed E-state index contributed by atoms with van der Waals surface area (Å²) in [5, 5.41) is 1.93. The average molecular weight is 129 g/mol. The molecule has 1 rings (SSSR count). The molecule has 0 saturated carbocycles. The van der Waals surface area contributed by atoms with Crippen LogP contribution in [0.3, 0.4) is 0 Å². The zero-order valence-corrected chi connectivity index (χ0v) is 6.42. The predicted molar refractivity (Wildman–Crippen MR) is 37.0 cm³/mol. The van der Waals surface area contributed by atoms with Gasteiger partial charge in [0.15, 0.2) is 0 Å². The summed E-state index contributed by atoms with van der Waals surface area (Å²) in [6, 6.07) is 0. The lowest BCUT2D eigenvalue weighted by Crippen LogP contribution is -2.13. The Kier molecular flexibility index (Phi) is 2.09. The topological polar surface area (TPSA) is 12.5 Å². The van der Waals surface area contributed by atoms with E-state index < -0.39 is 0 Å². The zero-order chi connectivity index (χ0) is 6.85. The summed E-state index contributed by atoms with van der Waals surface area (Å²) >= 11 is 0. The fourth-order valence-electron chi connectivity index (χ4n) is 1.38. The summed E-state index contributed by atoms with van der Waals surface area (Å²) in [5.41, 5.74) is 0. The van der Waals surface area contributed by atoms with Crippen molar-refractivity contribution in [3.8, 4) is 0 Å². The van der Waals surface area contributed by atoms with Crippen LogP contribution < -0.4 is 0 Å². The summed E-state index contributed by atoms with van der Waals surface area (Å²) in [6.45, 7) is 5.48. The first-order chi connectivity index (χ1) is 4.24. The molecule has 1 saturated heterocycles. The third kappa shape index (κ3) is 1.43. The Morgan fingerprint density at radius 3 is 2.56 bits per heavy atom. The smallest absolute Gasteiger partial charge is 0.0829 e. The average Bonchev–Trinajstić information content (AvgIpc) is 2.10. The van der Waals surface area contributed by atoms with Gasteiger partial charge in [-0.1, -0.05) is 13.8 Å². The van der Waals surface area contributed by atoms with Crippen LogP contribution in [0.4, 0.5) is 0 Å². The lowest BCUT2D eigenvalue weighted by Gasteiger charge is -2.09. The van der Waals surface area contributed by atoms with Crippen LogP contribution in [0.5, 0.6) is 0 Å². The quantitative estimate of drug-likeness (QED) is 0.528. The van der Waals surface area contributed by atoms with Gasteiger partial charge in [-0.2, -0.15) is 5.06 Å². The normalized spacial score (nSPS) is 37.7. The van der Waals surface area contributed by atoms with E-state index in [0.29, 0.717) is 12.0 Å². The maximum Gasteiger partial charge on any atom is 0.0829 e. The molecule has 0 amide bonds. The highest BCUT2D eigenvalue weighted by molar-refractivity contribution is 4.70. The molecule has 0 bridgehead atoms. The van der Waals surface area contributed by atoms with Crippen LogP contribution in [0.25, 0.3) is 0 Å². The third-order valence-corrected chi connectivity index (χ3v) is 1.90. The van der Waals surface area contributed by atoms with Gasteiger partial charge in [-0.25, -0.2) is 0 Å². The van der Waals surface area contributed by atoms with Gasteiger partial charge in [-0.15, -0.1) is 0 Å². The molecule has 2 heteroatoms. The molecule has 0 spiro atoms. The zero-order valence-electron chi connectivity index (χ0n) is 6.42. The van der Waals surface area contributed by atoms with Gasteiger partial charge >= 0.3 is 0 Å². The number of rotatable bonds is 1. The fraction of sp³-hybridized carbons (Fsp3) is 1.00. The van der Waals surface area contributed by atoms with Gasteiger partial charge < -0.3 is 0 Å². The molecule has 54 valence electrons. The maximum atomic E-state index is 5.46. The SMILES string of the molecule is CCC1ON(C)CC1C. The number of nitrogens with zero attached hydrogens (tertiary/aromatic N) is 1. The van der Waals surface area contributed by atoms with Gasteiger partial charge in [0, 0.05) is 13.6 Å². The highest BCUT2D eigenvalue weighted by Crippen LogP contribution is 2.20. The standard InChI is InChI=1S/C7H15NO/c1-4-7-6(2)5-8(3)9-7/h6-7H,4-5H2,1-3H3. The first kappa shape index (κ1) is 7.03. The van der Waals surface area contributed by atoms with Crippen LogP contribution >= 0.6 is 0 Å². The van der Waals surface area contributed by atoms with E-state index in [1.54, 1.807) is 0 Å². The van der Waals surface area contributed by atoms with Crippen molar-refractivity contribution in [3.05, 3.63) is 0 Å². The van der Waals surface area contributed by atoms with E-state index in [1.165, 1.54) is 0 Å². The Bertz CT molecular complexity index is 94.9. The Balaban J connectivity index is 2.38. The first-order valence-corrected chi connectivity index (χ1v) is 3.62. The number of hydrogen-bond acceptors (Lipinski definition) is 2. The van der Waals surface area contributed by atoms with Gasteiger partial charge in [0.25, 0.3) is 0 Å². The van der Waals surface area contributed by atoms with E-state index in [-0.39, 0.29) is 0 Å². The summed E-state index contributed by atoms with van der Waals surface area (Å²) in [4.78, 5) is 5.46. The monoisotopic (exact) mass is 129 g/mol. The van der Waals surface area contributed by atoms with E-state index in [4.69, 9.17) is 4.84 Å². The molecular formula is C7H15NO. The second-order valence-electron chi connectivity index (χ2n) is 2.84. The van der Waals surface area contributed by atoms with Gasteiger partial charge in [0.1, 0.15) is 0 Å². The van der Waals surface area contributed by atoms with Crippen molar-refractivity contribution in [2.24, 2.45) is 5.92 Å². The Labute approximate surface area is 56.8 Å². The van der Waals surface area contributed by atoms with E-state index >= 15 is 0 Å².